The van der Waals surface area contributed by atoms with Crippen LogP contribution in [-0.4, -0.2) is 37.2 Å². The molecular formula is C19H22N4O4. The first-order chi connectivity index (χ1) is 12.8. The molecule has 0 aliphatic rings. The van der Waals surface area contributed by atoms with Gasteiger partial charge < -0.3 is 14.4 Å². The number of rotatable bonds is 5. The lowest BCUT2D eigenvalue weighted by atomic mass is 10.1. The molecule has 3 rings (SSSR count). The predicted molar refractivity (Wildman–Crippen MR) is 100 cm³/mol. The van der Waals surface area contributed by atoms with E-state index in [0.29, 0.717) is 28.8 Å². The number of hydrogen-bond acceptors (Lipinski definition) is 6. The van der Waals surface area contributed by atoms with E-state index in [1.54, 1.807) is 45.2 Å². The van der Waals surface area contributed by atoms with Gasteiger partial charge in [0.05, 0.1) is 24.0 Å². The second-order valence-electron chi connectivity index (χ2n) is 6.69. The Labute approximate surface area is 156 Å². The van der Waals surface area contributed by atoms with Crippen molar-refractivity contribution in [1.29, 1.82) is 0 Å². The van der Waals surface area contributed by atoms with E-state index in [0.717, 1.165) is 0 Å². The van der Waals surface area contributed by atoms with Gasteiger partial charge in [0.2, 0.25) is 5.43 Å². The number of carbonyl (C=O) groups is 1. The van der Waals surface area contributed by atoms with Gasteiger partial charge in [-0.1, -0.05) is 5.21 Å². The van der Waals surface area contributed by atoms with Crippen LogP contribution in [0.4, 0.5) is 0 Å². The molecule has 0 saturated heterocycles. The zero-order chi connectivity index (χ0) is 19.8. The van der Waals surface area contributed by atoms with Crippen LogP contribution in [-0.2, 0) is 16.9 Å². The number of aromatic nitrogens is 4. The summed E-state index contributed by atoms with van der Waals surface area (Å²) in [5.41, 5.74) is 0.209. The van der Waals surface area contributed by atoms with Crippen molar-refractivity contribution in [2.75, 3.05) is 6.61 Å². The Bertz CT molecular complexity index is 1060. The van der Waals surface area contributed by atoms with Crippen molar-refractivity contribution in [2.24, 2.45) is 0 Å². The maximum atomic E-state index is 12.9. The SMILES string of the molecule is CCOC(=O)c1cn(CC)c2ccc(-n3cc(C(C)(C)O)nn3)cc2c1=O. The standard InChI is InChI=1S/C19H22N4O4/c1-5-22-10-14(18(25)27-6-2)17(24)13-9-12(7-8-15(13)22)23-11-16(20-21-23)19(3,4)26/h7-11,26H,5-6H2,1-4H3. The lowest BCUT2D eigenvalue weighted by Crippen LogP contribution is -2.21. The Kier molecular flexibility index (Phi) is 4.84. The van der Waals surface area contributed by atoms with Crippen molar-refractivity contribution < 1.29 is 14.6 Å². The minimum absolute atomic E-state index is 0.000814. The van der Waals surface area contributed by atoms with Crippen LogP contribution < -0.4 is 5.43 Å². The van der Waals surface area contributed by atoms with E-state index in [9.17, 15) is 14.7 Å². The third-order valence-electron chi connectivity index (χ3n) is 4.28. The molecule has 0 aliphatic heterocycles. The largest absolute Gasteiger partial charge is 0.462 e. The van der Waals surface area contributed by atoms with Gasteiger partial charge in [-0.05, 0) is 45.9 Å². The Balaban J connectivity index is 2.19. The van der Waals surface area contributed by atoms with E-state index in [1.807, 2.05) is 11.5 Å². The van der Waals surface area contributed by atoms with Crippen LogP contribution in [0, 0.1) is 0 Å². The molecule has 142 valence electrons. The summed E-state index contributed by atoms with van der Waals surface area (Å²) >= 11 is 0. The highest BCUT2D eigenvalue weighted by Crippen LogP contribution is 2.20. The minimum atomic E-state index is -1.12. The summed E-state index contributed by atoms with van der Waals surface area (Å²) in [6.45, 7) is 7.65. The number of nitrogens with zero attached hydrogens (tertiary/aromatic N) is 4. The van der Waals surface area contributed by atoms with Crippen LogP contribution in [0.2, 0.25) is 0 Å². The van der Waals surface area contributed by atoms with Crippen molar-refractivity contribution in [1.82, 2.24) is 19.6 Å². The number of hydrogen-bond donors (Lipinski definition) is 1. The number of benzene rings is 1. The molecule has 2 heterocycles. The topological polar surface area (TPSA) is 99.2 Å². The van der Waals surface area contributed by atoms with Crippen LogP contribution in [0.15, 0.2) is 35.4 Å². The third-order valence-corrected chi connectivity index (χ3v) is 4.28. The lowest BCUT2D eigenvalue weighted by Gasteiger charge is -2.13. The molecule has 3 aromatic rings. The molecule has 0 saturated carbocycles. The minimum Gasteiger partial charge on any atom is -0.462 e. The molecule has 0 unspecified atom stereocenters. The van der Waals surface area contributed by atoms with Gasteiger partial charge in [0.1, 0.15) is 16.9 Å². The third kappa shape index (κ3) is 3.48. The maximum absolute atomic E-state index is 12.9. The zero-order valence-electron chi connectivity index (χ0n) is 15.8. The predicted octanol–water partition coefficient (Wildman–Crippen LogP) is 2.01. The number of ether oxygens (including phenoxy) is 1. The molecule has 8 nitrogen and oxygen atoms in total. The average Bonchev–Trinajstić information content (AvgIpc) is 3.12. The Morgan fingerprint density at radius 2 is 2.00 bits per heavy atom. The van der Waals surface area contributed by atoms with Gasteiger partial charge in [-0.25, -0.2) is 9.48 Å². The van der Waals surface area contributed by atoms with Crippen LogP contribution in [0.25, 0.3) is 16.6 Å². The van der Waals surface area contributed by atoms with Gasteiger partial charge in [0.15, 0.2) is 0 Å². The Morgan fingerprint density at radius 3 is 2.59 bits per heavy atom. The number of fused-ring (bicyclic) bond motifs is 1. The van der Waals surface area contributed by atoms with E-state index in [1.165, 1.54) is 10.9 Å². The second kappa shape index (κ2) is 6.96. The van der Waals surface area contributed by atoms with Crippen molar-refractivity contribution in [2.45, 2.75) is 39.8 Å². The van der Waals surface area contributed by atoms with Gasteiger partial charge in [-0.3, -0.25) is 4.79 Å². The van der Waals surface area contributed by atoms with Gasteiger partial charge in [0, 0.05) is 18.1 Å². The van der Waals surface area contributed by atoms with Crippen molar-refractivity contribution in [3.05, 3.63) is 52.1 Å². The van der Waals surface area contributed by atoms with Gasteiger partial charge >= 0.3 is 5.97 Å². The summed E-state index contributed by atoms with van der Waals surface area (Å²) in [7, 11) is 0. The van der Waals surface area contributed by atoms with Crippen LogP contribution in [0.5, 0.6) is 0 Å². The van der Waals surface area contributed by atoms with E-state index in [-0.39, 0.29) is 12.2 Å². The van der Waals surface area contributed by atoms with Crippen LogP contribution >= 0.6 is 0 Å². The summed E-state index contributed by atoms with van der Waals surface area (Å²) < 4.78 is 8.32. The number of carbonyl (C=O) groups excluding carboxylic acids is 1. The molecule has 0 aliphatic carbocycles. The molecule has 8 heteroatoms. The molecule has 0 amide bonds. The smallest absolute Gasteiger partial charge is 0.343 e. The molecule has 1 N–H and O–H groups in total. The van der Waals surface area contributed by atoms with E-state index >= 15 is 0 Å². The molecule has 0 fully saturated rings. The normalized spacial score (nSPS) is 11.7. The van der Waals surface area contributed by atoms with E-state index in [4.69, 9.17) is 4.74 Å². The van der Waals surface area contributed by atoms with Crippen molar-refractivity contribution in [3.63, 3.8) is 0 Å². The second-order valence-corrected chi connectivity index (χ2v) is 6.69. The van der Waals surface area contributed by atoms with Gasteiger partial charge in [0.25, 0.3) is 0 Å². The van der Waals surface area contributed by atoms with Crippen LogP contribution in [0.3, 0.4) is 0 Å². The fraction of sp³-hybridized carbons (Fsp3) is 0.368. The first-order valence-electron chi connectivity index (χ1n) is 8.76. The number of aryl methyl sites for hydroxylation is 1. The fourth-order valence-electron chi connectivity index (χ4n) is 2.81. The van der Waals surface area contributed by atoms with Crippen LogP contribution in [0.1, 0.15) is 43.7 Å². The summed E-state index contributed by atoms with van der Waals surface area (Å²) in [6, 6.07) is 5.27. The first kappa shape index (κ1) is 18.8. The van der Waals surface area contributed by atoms with Crippen molar-refractivity contribution in [3.8, 4) is 5.69 Å². The van der Waals surface area contributed by atoms with Crippen molar-refractivity contribution >= 4 is 16.9 Å². The van der Waals surface area contributed by atoms with Gasteiger partial charge in [-0.15, -0.1) is 5.10 Å². The summed E-state index contributed by atoms with van der Waals surface area (Å²) in [5, 5.41) is 18.5. The highest BCUT2D eigenvalue weighted by molar-refractivity contribution is 5.94. The number of aliphatic hydroxyl groups is 1. The molecule has 0 atom stereocenters. The first-order valence-corrected chi connectivity index (χ1v) is 8.76. The highest BCUT2D eigenvalue weighted by atomic mass is 16.5. The molecular weight excluding hydrogens is 348 g/mol. The summed E-state index contributed by atoms with van der Waals surface area (Å²) in [6.07, 6.45) is 3.14. The Hall–Kier alpha value is -3.00. The lowest BCUT2D eigenvalue weighted by molar-refractivity contribution is 0.0524. The molecule has 0 radical (unpaired) electrons. The molecule has 27 heavy (non-hydrogen) atoms. The summed E-state index contributed by atoms with van der Waals surface area (Å²) in [4.78, 5) is 25.0. The summed E-state index contributed by atoms with van der Waals surface area (Å²) in [5.74, 6) is -0.637. The zero-order valence-corrected chi connectivity index (χ0v) is 15.8. The quantitative estimate of drug-likeness (QED) is 0.690. The maximum Gasteiger partial charge on any atom is 0.343 e. The van der Waals surface area contributed by atoms with E-state index in [2.05, 4.69) is 10.3 Å². The molecule has 1 aromatic carbocycles. The molecule has 0 spiro atoms. The number of esters is 1. The fourth-order valence-corrected chi connectivity index (χ4v) is 2.81. The molecule has 0 bridgehead atoms. The number of pyridine rings is 1. The Morgan fingerprint density at radius 1 is 1.26 bits per heavy atom. The molecule has 2 aromatic heterocycles. The average molecular weight is 370 g/mol. The van der Waals surface area contributed by atoms with Gasteiger partial charge in [-0.2, -0.15) is 0 Å². The monoisotopic (exact) mass is 370 g/mol. The highest BCUT2D eigenvalue weighted by Gasteiger charge is 2.21. The van der Waals surface area contributed by atoms with E-state index < -0.39 is 17.0 Å².